The highest BCUT2D eigenvalue weighted by atomic mass is 16.5. The summed E-state index contributed by atoms with van der Waals surface area (Å²) in [6, 6.07) is 14.3. The molecule has 116 valence electrons. The molecule has 0 aliphatic rings. The molecule has 0 saturated heterocycles. The van der Waals surface area contributed by atoms with E-state index in [1.165, 1.54) is 0 Å². The first kappa shape index (κ1) is 16.0. The molecule has 4 heteroatoms. The fourth-order valence-corrected chi connectivity index (χ4v) is 2.11. The third-order valence-corrected chi connectivity index (χ3v) is 3.17. The lowest BCUT2D eigenvalue weighted by atomic mass is 10.1. The summed E-state index contributed by atoms with van der Waals surface area (Å²) in [6.45, 7) is 5.84. The fourth-order valence-electron chi connectivity index (χ4n) is 2.11. The number of nitrogens with one attached hydrogen (secondary N) is 1. The SMILES string of the molecule is Cc1cc(NC(=O)C(O)c2ccccc2)ccc1OC(C)C. The van der Waals surface area contributed by atoms with Crippen molar-refractivity contribution in [3.8, 4) is 5.75 Å². The lowest BCUT2D eigenvalue weighted by Crippen LogP contribution is -2.20. The van der Waals surface area contributed by atoms with Gasteiger partial charge in [-0.25, -0.2) is 0 Å². The first-order chi connectivity index (χ1) is 10.5. The van der Waals surface area contributed by atoms with E-state index >= 15 is 0 Å². The molecule has 0 aliphatic heterocycles. The Balaban J connectivity index is 2.07. The van der Waals surface area contributed by atoms with Crippen molar-refractivity contribution in [1.82, 2.24) is 0 Å². The largest absolute Gasteiger partial charge is 0.491 e. The van der Waals surface area contributed by atoms with Crippen molar-refractivity contribution in [1.29, 1.82) is 0 Å². The number of ether oxygens (including phenoxy) is 1. The van der Waals surface area contributed by atoms with Gasteiger partial charge < -0.3 is 15.2 Å². The van der Waals surface area contributed by atoms with E-state index in [4.69, 9.17) is 4.74 Å². The number of aryl methyl sites for hydroxylation is 1. The molecule has 2 rings (SSSR count). The topological polar surface area (TPSA) is 58.6 Å². The molecule has 2 N–H and O–H groups in total. The number of aliphatic hydroxyl groups is 1. The molecule has 0 fully saturated rings. The zero-order valence-corrected chi connectivity index (χ0v) is 13.0. The van der Waals surface area contributed by atoms with Crippen LogP contribution in [0.5, 0.6) is 5.75 Å². The number of carbonyl (C=O) groups is 1. The van der Waals surface area contributed by atoms with Crippen LogP contribution in [0.4, 0.5) is 5.69 Å². The number of carbonyl (C=O) groups excluding carboxylic acids is 1. The molecule has 2 aromatic rings. The summed E-state index contributed by atoms with van der Waals surface area (Å²) in [4.78, 5) is 12.1. The summed E-state index contributed by atoms with van der Waals surface area (Å²) in [5, 5.41) is 12.8. The number of amides is 1. The van der Waals surface area contributed by atoms with Crippen LogP contribution in [0.25, 0.3) is 0 Å². The first-order valence-corrected chi connectivity index (χ1v) is 7.28. The number of anilines is 1. The molecule has 0 aromatic heterocycles. The van der Waals surface area contributed by atoms with E-state index in [1.807, 2.05) is 39.0 Å². The van der Waals surface area contributed by atoms with Crippen LogP contribution in [-0.2, 0) is 4.79 Å². The van der Waals surface area contributed by atoms with E-state index in [9.17, 15) is 9.90 Å². The molecule has 0 spiro atoms. The van der Waals surface area contributed by atoms with Gasteiger partial charge in [0, 0.05) is 5.69 Å². The molecule has 1 unspecified atom stereocenters. The average molecular weight is 299 g/mol. The first-order valence-electron chi connectivity index (χ1n) is 7.28. The van der Waals surface area contributed by atoms with Crippen LogP contribution in [0.2, 0.25) is 0 Å². The minimum atomic E-state index is -1.19. The maximum absolute atomic E-state index is 12.1. The minimum Gasteiger partial charge on any atom is -0.491 e. The Kier molecular flexibility index (Phi) is 5.17. The van der Waals surface area contributed by atoms with Crippen molar-refractivity contribution in [2.75, 3.05) is 5.32 Å². The maximum Gasteiger partial charge on any atom is 0.257 e. The molecule has 1 atom stereocenters. The van der Waals surface area contributed by atoms with E-state index < -0.39 is 12.0 Å². The zero-order valence-electron chi connectivity index (χ0n) is 13.0. The Morgan fingerprint density at radius 1 is 1.14 bits per heavy atom. The second-order valence-electron chi connectivity index (χ2n) is 5.45. The van der Waals surface area contributed by atoms with E-state index in [-0.39, 0.29) is 6.10 Å². The predicted octanol–water partition coefficient (Wildman–Crippen LogP) is 3.45. The van der Waals surface area contributed by atoms with Gasteiger partial charge >= 0.3 is 0 Å². The number of hydrogen-bond acceptors (Lipinski definition) is 3. The summed E-state index contributed by atoms with van der Waals surface area (Å²) >= 11 is 0. The average Bonchev–Trinajstić information content (AvgIpc) is 2.49. The zero-order chi connectivity index (χ0) is 16.1. The Morgan fingerprint density at radius 3 is 2.41 bits per heavy atom. The Bertz CT molecular complexity index is 638. The molecule has 1 amide bonds. The van der Waals surface area contributed by atoms with Crippen LogP contribution in [0.3, 0.4) is 0 Å². The second kappa shape index (κ2) is 7.09. The van der Waals surface area contributed by atoms with Gasteiger partial charge in [-0.3, -0.25) is 4.79 Å². The molecule has 0 radical (unpaired) electrons. The van der Waals surface area contributed by atoms with Gasteiger partial charge in [0.25, 0.3) is 5.91 Å². The summed E-state index contributed by atoms with van der Waals surface area (Å²) in [5.41, 5.74) is 2.13. The lowest BCUT2D eigenvalue weighted by Gasteiger charge is -2.15. The van der Waals surface area contributed by atoms with Gasteiger partial charge in [0.05, 0.1) is 6.10 Å². The van der Waals surface area contributed by atoms with Crippen LogP contribution in [-0.4, -0.2) is 17.1 Å². The summed E-state index contributed by atoms with van der Waals surface area (Å²) in [6.07, 6.45) is -1.09. The standard InChI is InChI=1S/C18H21NO3/c1-12(2)22-16-10-9-15(11-13(16)3)19-18(21)17(20)14-7-5-4-6-8-14/h4-12,17,20H,1-3H3,(H,19,21). The predicted molar refractivity (Wildman–Crippen MR) is 87.0 cm³/mol. The highest BCUT2D eigenvalue weighted by Gasteiger charge is 2.17. The van der Waals surface area contributed by atoms with Gasteiger partial charge in [-0.05, 0) is 50.1 Å². The van der Waals surface area contributed by atoms with Crippen molar-refractivity contribution >= 4 is 11.6 Å². The van der Waals surface area contributed by atoms with Gasteiger partial charge in [0.1, 0.15) is 5.75 Å². The van der Waals surface area contributed by atoms with Crippen molar-refractivity contribution in [2.45, 2.75) is 33.0 Å². The summed E-state index contributed by atoms with van der Waals surface area (Å²) in [7, 11) is 0. The van der Waals surface area contributed by atoms with Crippen LogP contribution in [0, 0.1) is 6.92 Å². The van der Waals surface area contributed by atoms with Crippen molar-refractivity contribution in [3.05, 3.63) is 59.7 Å². The van der Waals surface area contributed by atoms with E-state index in [0.717, 1.165) is 11.3 Å². The molecule has 22 heavy (non-hydrogen) atoms. The normalized spacial score (nSPS) is 12.0. The van der Waals surface area contributed by atoms with Gasteiger partial charge in [-0.1, -0.05) is 30.3 Å². The third-order valence-electron chi connectivity index (χ3n) is 3.17. The molecule has 0 saturated carbocycles. The Labute approximate surface area is 130 Å². The van der Waals surface area contributed by atoms with Gasteiger partial charge in [-0.15, -0.1) is 0 Å². The third kappa shape index (κ3) is 4.09. The van der Waals surface area contributed by atoms with E-state index in [2.05, 4.69) is 5.32 Å². The minimum absolute atomic E-state index is 0.0963. The van der Waals surface area contributed by atoms with Crippen molar-refractivity contribution in [3.63, 3.8) is 0 Å². The smallest absolute Gasteiger partial charge is 0.257 e. The molecular weight excluding hydrogens is 278 g/mol. The van der Waals surface area contributed by atoms with E-state index in [1.54, 1.807) is 30.3 Å². The van der Waals surface area contributed by atoms with E-state index in [0.29, 0.717) is 11.3 Å². The highest BCUT2D eigenvalue weighted by Crippen LogP contribution is 2.24. The molecule has 0 aliphatic carbocycles. The number of benzene rings is 2. The quantitative estimate of drug-likeness (QED) is 0.889. The summed E-state index contributed by atoms with van der Waals surface area (Å²) in [5.74, 6) is 0.333. The molecule has 0 heterocycles. The summed E-state index contributed by atoms with van der Waals surface area (Å²) < 4.78 is 5.66. The molecule has 4 nitrogen and oxygen atoms in total. The van der Waals surface area contributed by atoms with Crippen molar-refractivity contribution in [2.24, 2.45) is 0 Å². The van der Waals surface area contributed by atoms with Gasteiger partial charge in [0.2, 0.25) is 0 Å². The molecule has 2 aromatic carbocycles. The fraction of sp³-hybridized carbons (Fsp3) is 0.278. The van der Waals surface area contributed by atoms with Gasteiger partial charge in [-0.2, -0.15) is 0 Å². The lowest BCUT2D eigenvalue weighted by molar-refractivity contribution is -0.124. The Hall–Kier alpha value is -2.33. The van der Waals surface area contributed by atoms with Gasteiger partial charge in [0.15, 0.2) is 6.10 Å². The number of aliphatic hydroxyl groups excluding tert-OH is 1. The highest BCUT2D eigenvalue weighted by molar-refractivity contribution is 5.94. The van der Waals surface area contributed by atoms with Crippen LogP contribution in [0.15, 0.2) is 48.5 Å². The maximum atomic E-state index is 12.1. The van der Waals surface area contributed by atoms with Crippen LogP contribution >= 0.6 is 0 Å². The van der Waals surface area contributed by atoms with Crippen LogP contribution in [0.1, 0.15) is 31.1 Å². The molecular formula is C18H21NO3. The molecule has 0 bridgehead atoms. The van der Waals surface area contributed by atoms with Crippen molar-refractivity contribution < 1.29 is 14.6 Å². The second-order valence-corrected chi connectivity index (χ2v) is 5.45. The monoisotopic (exact) mass is 299 g/mol. The Morgan fingerprint density at radius 2 is 1.82 bits per heavy atom. The number of rotatable bonds is 5. The van der Waals surface area contributed by atoms with Crippen LogP contribution < -0.4 is 10.1 Å². The number of hydrogen-bond donors (Lipinski definition) is 2.